The highest BCUT2D eigenvalue weighted by Gasteiger charge is 2.32. The number of thioether (sulfide) groups is 1. The lowest BCUT2D eigenvalue weighted by molar-refractivity contribution is -0.251. The van der Waals surface area contributed by atoms with Crippen LogP contribution in [0.1, 0.15) is 69.2 Å². The molecule has 1 aliphatic heterocycles. The molecule has 0 radical (unpaired) electrons. The second-order valence-corrected chi connectivity index (χ2v) is 11.6. The van der Waals surface area contributed by atoms with Crippen molar-refractivity contribution in [3.05, 3.63) is 103 Å². The Hall–Kier alpha value is -3.96. The first-order valence-electron chi connectivity index (χ1n) is 15.2. The van der Waals surface area contributed by atoms with E-state index in [0.29, 0.717) is 48.1 Å². The van der Waals surface area contributed by atoms with Crippen molar-refractivity contribution < 1.29 is 28.7 Å². The largest absolute Gasteiger partial charge is 0.431 e. The number of carbonyl (C=O) groups is 2. The van der Waals surface area contributed by atoms with Gasteiger partial charge >= 0.3 is 0 Å². The minimum Gasteiger partial charge on any atom is -0.431 e. The van der Waals surface area contributed by atoms with Crippen LogP contribution in [0.4, 0.5) is 0 Å². The third-order valence-electron chi connectivity index (χ3n) is 7.15. The fourth-order valence-electron chi connectivity index (χ4n) is 4.84. The molecule has 238 valence electrons. The number of nitrogens with one attached hydrogen (secondary N) is 2. The highest BCUT2D eigenvalue weighted by molar-refractivity contribution is 7.99. The summed E-state index contributed by atoms with van der Waals surface area (Å²) in [6.07, 6.45) is 10.4. The van der Waals surface area contributed by atoms with Crippen LogP contribution in [-0.2, 0) is 19.1 Å². The minimum absolute atomic E-state index is 0.164. The molecular weight excluding hydrogens is 590 g/mol. The Bertz CT molecular complexity index is 1440. The summed E-state index contributed by atoms with van der Waals surface area (Å²) in [5.74, 6) is 0.630. The van der Waals surface area contributed by atoms with Gasteiger partial charge in [-0.05, 0) is 30.9 Å². The van der Waals surface area contributed by atoms with Crippen molar-refractivity contribution in [2.45, 2.75) is 75.7 Å². The number of rotatable bonds is 16. The number of unbranched alkanes of at least 4 members (excludes halogenated alkanes) is 3. The molecule has 3 N–H and O–H groups in total. The molecule has 1 saturated heterocycles. The van der Waals surface area contributed by atoms with Gasteiger partial charge < -0.3 is 19.2 Å². The van der Waals surface area contributed by atoms with Gasteiger partial charge in [0.2, 0.25) is 18.2 Å². The fraction of sp³-hybridized carbons (Fsp3) is 0.343. The van der Waals surface area contributed by atoms with Crippen molar-refractivity contribution in [3.63, 3.8) is 0 Å². The number of amides is 2. The molecule has 3 atom stereocenters. The first-order chi connectivity index (χ1) is 22.0. The Labute approximate surface area is 268 Å². The number of carbonyl (C=O) groups excluding carboxylic acids is 2. The average Bonchev–Trinajstić information content (AvgIpc) is 3.50. The lowest BCUT2D eigenvalue weighted by atomic mass is 10.0. The summed E-state index contributed by atoms with van der Waals surface area (Å²) in [4.78, 5) is 28.7. The molecule has 3 unspecified atom stereocenters. The van der Waals surface area contributed by atoms with E-state index in [0.717, 1.165) is 29.5 Å². The Morgan fingerprint density at radius 1 is 0.978 bits per heavy atom. The number of hydroxylamine groups is 1. The zero-order valence-corrected chi connectivity index (χ0v) is 26.3. The molecule has 45 heavy (non-hydrogen) atoms. The number of hydrogen-bond acceptors (Lipinski definition) is 8. The minimum atomic E-state index is -0.896. The Morgan fingerprint density at radius 2 is 1.67 bits per heavy atom. The summed E-state index contributed by atoms with van der Waals surface area (Å²) in [5, 5.41) is 12.0. The number of ether oxygens (including phenoxy) is 2. The molecule has 1 fully saturated rings. The quantitative estimate of drug-likeness (QED) is 0.0492. The van der Waals surface area contributed by atoms with Gasteiger partial charge in [-0.1, -0.05) is 116 Å². The molecule has 3 aromatic rings. The molecule has 1 aliphatic rings. The fourth-order valence-corrected chi connectivity index (χ4v) is 5.68. The summed E-state index contributed by atoms with van der Waals surface area (Å²) in [5.41, 5.74) is 4.98. The van der Waals surface area contributed by atoms with E-state index in [1.807, 2.05) is 91.9 Å². The molecule has 4 rings (SSSR count). The van der Waals surface area contributed by atoms with Crippen LogP contribution < -0.4 is 10.8 Å². The zero-order valence-electron chi connectivity index (χ0n) is 25.5. The van der Waals surface area contributed by atoms with Crippen molar-refractivity contribution in [1.82, 2.24) is 15.8 Å². The summed E-state index contributed by atoms with van der Waals surface area (Å²) in [6, 6.07) is 19.7. The zero-order chi connectivity index (χ0) is 31.9. The van der Waals surface area contributed by atoms with Crippen molar-refractivity contribution >= 4 is 29.1 Å². The molecule has 2 aromatic carbocycles. The molecule has 2 amide bonds. The van der Waals surface area contributed by atoms with E-state index in [9.17, 15) is 9.59 Å². The predicted molar refractivity (Wildman–Crippen MR) is 175 cm³/mol. The second kappa shape index (κ2) is 18.1. The molecular formula is C35H41N3O6S. The maximum absolute atomic E-state index is 12.7. The third-order valence-corrected chi connectivity index (χ3v) is 8.11. The maximum Gasteiger partial charge on any atom is 0.256 e. The van der Waals surface area contributed by atoms with E-state index in [4.69, 9.17) is 24.1 Å². The van der Waals surface area contributed by atoms with Crippen LogP contribution in [0.3, 0.4) is 0 Å². The SMILES string of the molecule is C=C(/C=C\C=C/C)c1nc(SCC2CC(c3ccccc3)OC(NC(=O)CCCCCCC(=O)NO)O2)oc1-c1ccccc1. The van der Waals surface area contributed by atoms with E-state index < -0.39 is 12.3 Å². The Balaban J connectivity index is 1.40. The number of nitrogens with zero attached hydrogens (tertiary/aromatic N) is 1. The van der Waals surface area contributed by atoms with Crippen LogP contribution in [0.25, 0.3) is 16.9 Å². The standard InChI is InChI=1S/C35H41N3O6S/c1-3-4-9-16-25(2)32-33(27-19-12-8-13-20-27)44-35(37-32)45-24-28-23-29(26-17-10-7-11-18-26)43-34(42-28)36-30(39)21-14-5-6-15-22-31(40)38-41/h3-4,7-13,16-20,28-29,34,41H,2,5-6,14-15,21-24H2,1H3,(H,36,39)(H,38,40)/b4-3-,16-9-. The summed E-state index contributed by atoms with van der Waals surface area (Å²) in [6.45, 7) is 6.17. The first kappa shape index (κ1) is 33.9. The van der Waals surface area contributed by atoms with E-state index in [1.54, 1.807) is 5.48 Å². The van der Waals surface area contributed by atoms with Crippen LogP contribution >= 0.6 is 11.8 Å². The van der Waals surface area contributed by atoms with Crippen molar-refractivity contribution in [1.29, 1.82) is 0 Å². The average molecular weight is 632 g/mol. The van der Waals surface area contributed by atoms with Crippen LogP contribution in [-0.4, -0.2) is 40.3 Å². The summed E-state index contributed by atoms with van der Waals surface area (Å²) in [7, 11) is 0. The lowest BCUT2D eigenvalue weighted by Crippen LogP contribution is -2.46. The highest BCUT2D eigenvalue weighted by Crippen LogP contribution is 2.36. The van der Waals surface area contributed by atoms with Crippen LogP contribution in [0.2, 0.25) is 0 Å². The van der Waals surface area contributed by atoms with Crippen molar-refractivity contribution in [3.8, 4) is 11.3 Å². The predicted octanol–water partition coefficient (Wildman–Crippen LogP) is 7.37. The number of aromatic nitrogens is 1. The topological polar surface area (TPSA) is 123 Å². The normalized spacial score (nSPS) is 18.3. The number of allylic oxidation sites excluding steroid dienone is 5. The molecule has 10 heteroatoms. The van der Waals surface area contributed by atoms with Gasteiger partial charge in [-0.15, -0.1) is 0 Å². The van der Waals surface area contributed by atoms with Crippen LogP contribution in [0.5, 0.6) is 0 Å². The van der Waals surface area contributed by atoms with Crippen molar-refractivity contribution in [2.24, 2.45) is 0 Å². The van der Waals surface area contributed by atoms with E-state index >= 15 is 0 Å². The van der Waals surface area contributed by atoms with E-state index in [2.05, 4.69) is 11.9 Å². The third kappa shape index (κ3) is 10.9. The highest BCUT2D eigenvalue weighted by atomic mass is 32.2. The molecule has 1 aromatic heterocycles. The van der Waals surface area contributed by atoms with Crippen molar-refractivity contribution in [2.75, 3.05) is 5.75 Å². The van der Waals surface area contributed by atoms with Gasteiger partial charge in [-0.25, -0.2) is 10.5 Å². The number of benzene rings is 2. The monoisotopic (exact) mass is 631 g/mol. The summed E-state index contributed by atoms with van der Waals surface area (Å²) < 4.78 is 18.6. The molecule has 0 spiro atoms. The number of oxazole rings is 1. The molecule has 2 heterocycles. The second-order valence-electron chi connectivity index (χ2n) is 10.6. The van der Waals surface area contributed by atoms with E-state index in [1.165, 1.54) is 11.8 Å². The van der Waals surface area contributed by atoms with Gasteiger partial charge in [-0.3, -0.25) is 14.8 Å². The van der Waals surface area contributed by atoms with Gasteiger partial charge in [0.1, 0.15) is 5.69 Å². The molecule has 0 saturated carbocycles. The van der Waals surface area contributed by atoms with Gasteiger partial charge in [0.05, 0.1) is 12.2 Å². The van der Waals surface area contributed by atoms with E-state index in [-0.39, 0.29) is 24.5 Å². The molecule has 0 aliphatic carbocycles. The molecule has 9 nitrogen and oxygen atoms in total. The Kier molecular flexibility index (Phi) is 13.7. The summed E-state index contributed by atoms with van der Waals surface area (Å²) >= 11 is 1.45. The Morgan fingerprint density at radius 3 is 2.36 bits per heavy atom. The molecule has 0 bridgehead atoms. The van der Waals surface area contributed by atoms with Gasteiger partial charge in [0.15, 0.2) is 5.76 Å². The smallest absolute Gasteiger partial charge is 0.256 e. The maximum atomic E-state index is 12.7. The number of hydrogen-bond donors (Lipinski definition) is 3. The van der Waals surface area contributed by atoms with Crippen LogP contribution in [0.15, 0.2) is 101 Å². The lowest BCUT2D eigenvalue weighted by Gasteiger charge is -2.35. The van der Waals surface area contributed by atoms with Crippen LogP contribution in [0, 0.1) is 0 Å². The van der Waals surface area contributed by atoms with Gasteiger partial charge in [-0.2, -0.15) is 0 Å². The van der Waals surface area contributed by atoms with Gasteiger partial charge in [0, 0.05) is 30.6 Å². The first-order valence-corrected chi connectivity index (χ1v) is 16.2. The van der Waals surface area contributed by atoms with Gasteiger partial charge in [0.25, 0.3) is 5.22 Å².